The molecule has 0 amide bonds. The topological polar surface area (TPSA) is 103 Å². The Morgan fingerprint density at radius 3 is 2.47 bits per heavy atom. The summed E-state index contributed by atoms with van der Waals surface area (Å²) in [5, 5.41) is 8.28. The molecule has 0 atom stereocenters. The summed E-state index contributed by atoms with van der Waals surface area (Å²) >= 11 is 0. The molecule has 0 spiro atoms. The predicted molar refractivity (Wildman–Crippen MR) is 129 cm³/mol. The highest BCUT2D eigenvalue weighted by Gasteiger charge is 2.26. The zero-order valence-electron chi connectivity index (χ0n) is 19.7. The van der Waals surface area contributed by atoms with Gasteiger partial charge in [-0.1, -0.05) is 45.1 Å². The van der Waals surface area contributed by atoms with Gasteiger partial charge in [0.05, 0.1) is 6.61 Å². The van der Waals surface area contributed by atoms with Crippen LogP contribution in [-0.4, -0.2) is 39.9 Å². The molecule has 1 aliphatic heterocycles. The van der Waals surface area contributed by atoms with E-state index in [0.29, 0.717) is 25.0 Å². The van der Waals surface area contributed by atoms with Gasteiger partial charge in [-0.15, -0.1) is 10.2 Å². The third-order valence-corrected chi connectivity index (χ3v) is 4.30. The van der Waals surface area contributed by atoms with Crippen LogP contribution in [0.5, 0.6) is 0 Å². The van der Waals surface area contributed by atoms with E-state index in [2.05, 4.69) is 51.6 Å². The second-order valence-corrected chi connectivity index (χ2v) is 7.08. The molecule has 2 aromatic heterocycles. The minimum atomic E-state index is 0.300. The first-order valence-corrected chi connectivity index (χ1v) is 11.2. The molecule has 0 aromatic carbocycles. The number of nitrogens with zero attached hydrogens (tertiary/aromatic N) is 5. The molecule has 0 radical (unpaired) electrons. The molecule has 2 N–H and O–H groups in total. The molecule has 32 heavy (non-hydrogen) atoms. The van der Waals surface area contributed by atoms with Gasteiger partial charge in [0, 0.05) is 31.4 Å². The van der Waals surface area contributed by atoms with Gasteiger partial charge in [0.15, 0.2) is 0 Å². The van der Waals surface area contributed by atoms with E-state index in [1.807, 2.05) is 19.1 Å². The molecule has 0 unspecified atom stereocenters. The van der Waals surface area contributed by atoms with Crippen LogP contribution in [0.15, 0.2) is 60.0 Å². The molecule has 1 saturated heterocycles. The summed E-state index contributed by atoms with van der Waals surface area (Å²) in [4.78, 5) is 10.8. The standard InChI is InChI=1S/C17H23N5O2.C4H7N.C3H8/c1-2-3-4-12-23-13-15-20-21-16(24-15)14-6-10-22(11-7-14)17-18-8-5-9-19-17;1-2-3-4-5;1-3-2/h2-3,5,8-9,14H,4,6-7,10-13H2,1H3;2-4H,1,5H2;3H2,1-2H3/b3-2+;4-3+;. The van der Waals surface area contributed by atoms with Gasteiger partial charge >= 0.3 is 0 Å². The minimum Gasteiger partial charge on any atom is -0.422 e. The number of allylic oxidation sites excluding steroid dienone is 3. The van der Waals surface area contributed by atoms with Gasteiger partial charge in [0.2, 0.25) is 17.7 Å². The Kier molecular flexibility index (Phi) is 14.9. The highest BCUT2D eigenvalue weighted by Crippen LogP contribution is 2.28. The Morgan fingerprint density at radius 1 is 1.22 bits per heavy atom. The molecular weight excluding hydrogens is 404 g/mol. The molecule has 0 aliphatic carbocycles. The van der Waals surface area contributed by atoms with Crippen LogP contribution >= 0.6 is 0 Å². The van der Waals surface area contributed by atoms with Crippen molar-refractivity contribution in [3.8, 4) is 0 Å². The molecule has 0 bridgehead atoms. The zero-order valence-corrected chi connectivity index (χ0v) is 19.7. The van der Waals surface area contributed by atoms with E-state index >= 15 is 0 Å². The van der Waals surface area contributed by atoms with Crippen LogP contribution in [-0.2, 0) is 11.3 Å². The summed E-state index contributed by atoms with van der Waals surface area (Å²) in [6.45, 7) is 12.5. The van der Waals surface area contributed by atoms with Crippen molar-refractivity contribution in [3.05, 3.63) is 67.3 Å². The van der Waals surface area contributed by atoms with E-state index in [1.54, 1.807) is 24.5 Å². The number of nitrogens with two attached hydrogens (primary N) is 1. The van der Waals surface area contributed by atoms with Crippen molar-refractivity contribution in [1.82, 2.24) is 20.2 Å². The van der Waals surface area contributed by atoms with E-state index in [-0.39, 0.29) is 0 Å². The second kappa shape index (κ2) is 17.7. The monoisotopic (exact) mass is 442 g/mol. The van der Waals surface area contributed by atoms with Crippen LogP contribution in [0.2, 0.25) is 0 Å². The highest BCUT2D eigenvalue weighted by atomic mass is 16.5. The van der Waals surface area contributed by atoms with Crippen LogP contribution in [0.25, 0.3) is 0 Å². The molecule has 1 fully saturated rings. The maximum atomic E-state index is 5.76. The SMILES string of the molecule is C/C=C/CCOCc1nnc(C2CCN(c3ncccn3)CC2)o1.C=C/C=C/N.CCC. The van der Waals surface area contributed by atoms with Gasteiger partial charge in [0.25, 0.3) is 0 Å². The number of piperidine rings is 1. The predicted octanol–water partition coefficient (Wildman–Crippen LogP) is 4.79. The number of hydrogen-bond donors (Lipinski definition) is 1. The minimum absolute atomic E-state index is 0.300. The van der Waals surface area contributed by atoms with Crippen LogP contribution in [0.4, 0.5) is 5.95 Å². The third-order valence-electron chi connectivity index (χ3n) is 4.30. The first kappa shape index (κ1) is 27.0. The average Bonchev–Trinajstić information content (AvgIpc) is 3.30. The molecule has 8 nitrogen and oxygen atoms in total. The first-order chi connectivity index (χ1) is 15.7. The van der Waals surface area contributed by atoms with Crippen LogP contribution in [0.3, 0.4) is 0 Å². The molecular formula is C24H38N6O2. The summed E-state index contributed by atoms with van der Waals surface area (Å²) in [6.07, 6.45) is 16.4. The molecule has 176 valence electrons. The molecule has 3 heterocycles. The quantitative estimate of drug-likeness (QED) is 0.354. The smallest absolute Gasteiger partial charge is 0.242 e. The van der Waals surface area contributed by atoms with Gasteiger partial charge in [-0.2, -0.15) is 0 Å². The van der Waals surface area contributed by atoms with Gasteiger partial charge in [0.1, 0.15) is 6.61 Å². The molecule has 0 saturated carbocycles. The van der Waals surface area contributed by atoms with Crippen molar-refractivity contribution in [3.63, 3.8) is 0 Å². The van der Waals surface area contributed by atoms with E-state index < -0.39 is 0 Å². The van der Waals surface area contributed by atoms with Gasteiger partial charge < -0.3 is 19.8 Å². The number of anilines is 1. The summed E-state index contributed by atoms with van der Waals surface area (Å²) in [5.74, 6) is 2.36. The van der Waals surface area contributed by atoms with E-state index in [4.69, 9.17) is 14.9 Å². The number of rotatable bonds is 8. The maximum Gasteiger partial charge on any atom is 0.242 e. The zero-order chi connectivity index (χ0) is 23.4. The van der Waals surface area contributed by atoms with Crippen LogP contribution < -0.4 is 10.6 Å². The summed E-state index contributed by atoms with van der Waals surface area (Å²) < 4.78 is 11.3. The largest absolute Gasteiger partial charge is 0.422 e. The number of hydrogen-bond acceptors (Lipinski definition) is 8. The molecule has 3 rings (SSSR count). The Hall–Kier alpha value is -3.00. The molecule has 2 aromatic rings. The van der Waals surface area contributed by atoms with Crippen molar-refractivity contribution in [2.75, 3.05) is 24.6 Å². The fourth-order valence-electron chi connectivity index (χ4n) is 2.83. The Balaban J connectivity index is 0.000000555. The fraction of sp³-hybridized carbons (Fsp3) is 0.500. The lowest BCUT2D eigenvalue weighted by molar-refractivity contribution is 0.105. The normalized spacial score (nSPS) is 14.0. The summed E-state index contributed by atoms with van der Waals surface area (Å²) in [6, 6.07) is 1.83. The number of aromatic nitrogens is 4. The van der Waals surface area contributed by atoms with E-state index in [0.717, 1.165) is 44.2 Å². The molecule has 1 aliphatic rings. The van der Waals surface area contributed by atoms with Crippen molar-refractivity contribution in [2.24, 2.45) is 5.73 Å². The Bertz CT molecular complexity index is 768. The summed E-state index contributed by atoms with van der Waals surface area (Å²) in [7, 11) is 0. The highest BCUT2D eigenvalue weighted by molar-refractivity contribution is 5.29. The van der Waals surface area contributed by atoms with Gasteiger partial charge in [-0.3, -0.25) is 0 Å². The molecule has 8 heteroatoms. The lowest BCUT2D eigenvalue weighted by Crippen LogP contribution is -2.34. The van der Waals surface area contributed by atoms with Crippen molar-refractivity contribution >= 4 is 5.95 Å². The van der Waals surface area contributed by atoms with Gasteiger partial charge in [-0.25, -0.2) is 9.97 Å². The van der Waals surface area contributed by atoms with Crippen LogP contribution in [0, 0.1) is 0 Å². The fourth-order valence-corrected chi connectivity index (χ4v) is 2.83. The van der Waals surface area contributed by atoms with Crippen molar-refractivity contribution in [2.45, 2.75) is 59.0 Å². The summed E-state index contributed by atoms with van der Waals surface area (Å²) in [5.41, 5.74) is 4.89. The van der Waals surface area contributed by atoms with Crippen molar-refractivity contribution in [1.29, 1.82) is 0 Å². The Labute approximate surface area is 192 Å². The average molecular weight is 443 g/mol. The number of ether oxygens (including phenoxy) is 1. The first-order valence-electron chi connectivity index (χ1n) is 11.2. The maximum absolute atomic E-state index is 5.76. The third kappa shape index (κ3) is 10.9. The lowest BCUT2D eigenvalue weighted by Gasteiger charge is -2.30. The van der Waals surface area contributed by atoms with Crippen LogP contribution in [0.1, 0.15) is 64.2 Å². The van der Waals surface area contributed by atoms with Gasteiger partial charge in [-0.05, 0) is 44.5 Å². The second-order valence-electron chi connectivity index (χ2n) is 7.08. The van der Waals surface area contributed by atoms with E-state index in [9.17, 15) is 0 Å². The lowest BCUT2D eigenvalue weighted by atomic mass is 9.97. The van der Waals surface area contributed by atoms with E-state index in [1.165, 1.54) is 12.6 Å². The van der Waals surface area contributed by atoms with Crippen molar-refractivity contribution < 1.29 is 9.15 Å². The Morgan fingerprint density at radius 2 is 1.91 bits per heavy atom.